The van der Waals surface area contributed by atoms with Crippen molar-refractivity contribution in [2.45, 2.75) is 19.6 Å². The Morgan fingerprint density at radius 2 is 1.89 bits per heavy atom. The number of pyridine rings is 1. The van der Waals surface area contributed by atoms with Gasteiger partial charge in [0, 0.05) is 25.9 Å². The first-order valence-corrected chi connectivity index (χ1v) is 8.05. The molecule has 2 N–H and O–H groups in total. The number of halogens is 4. The third-order valence-electron chi connectivity index (χ3n) is 3.64. The zero-order valence-electron chi connectivity index (χ0n) is 15.0. The number of nitrogens with one attached hydrogen (secondary N) is 2. The van der Waals surface area contributed by atoms with Gasteiger partial charge in [0.1, 0.15) is 6.61 Å². The SMILES string of the molecule is CN=C(NCCOc1ccc(C(F)(F)F)cn1)NCc1ccccc1C.I. The first-order chi connectivity index (χ1) is 12.4. The average Bonchev–Trinajstić information content (AvgIpc) is 2.62. The van der Waals surface area contributed by atoms with Crippen LogP contribution in [0.4, 0.5) is 13.2 Å². The molecule has 2 rings (SSSR count). The van der Waals surface area contributed by atoms with Crippen LogP contribution in [0.1, 0.15) is 16.7 Å². The summed E-state index contributed by atoms with van der Waals surface area (Å²) in [5.41, 5.74) is 1.55. The summed E-state index contributed by atoms with van der Waals surface area (Å²) in [7, 11) is 1.66. The van der Waals surface area contributed by atoms with E-state index in [1.165, 1.54) is 17.2 Å². The molecule has 0 saturated heterocycles. The number of aryl methyl sites for hydroxylation is 1. The second-order valence-corrected chi connectivity index (χ2v) is 5.51. The molecule has 0 aliphatic carbocycles. The normalized spacial score (nSPS) is 11.5. The van der Waals surface area contributed by atoms with Gasteiger partial charge in [-0.1, -0.05) is 24.3 Å². The fourth-order valence-corrected chi connectivity index (χ4v) is 2.17. The van der Waals surface area contributed by atoms with Crippen LogP contribution < -0.4 is 15.4 Å². The molecule has 27 heavy (non-hydrogen) atoms. The summed E-state index contributed by atoms with van der Waals surface area (Å²) in [6, 6.07) is 10.2. The van der Waals surface area contributed by atoms with E-state index in [0.29, 0.717) is 19.0 Å². The van der Waals surface area contributed by atoms with Crippen LogP contribution >= 0.6 is 24.0 Å². The van der Waals surface area contributed by atoms with Crippen LogP contribution in [-0.2, 0) is 12.7 Å². The summed E-state index contributed by atoms with van der Waals surface area (Å²) in [4.78, 5) is 7.77. The molecule has 0 radical (unpaired) electrons. The Bertz CT molecular complexity index is 736. The maximum Gasteiger partial charge on any atom is 0.417 e. The number of nitrogens with zero attached hydrogens (tertiary/aromatic N) is 2. The first kappa shape index (κ1) is 23.0. The van der Waals surface area contributed by atoms with Crippen molar-refractivity contribution in [3.63, 3.8) is 0 Å². The molecular formula is C18H22F3IN4O. The highest BCUT2D eigenvalue weighted by molar-refractivity contribution is 14.0. The number of guanidine groups is 1. The Labute approximate surface area is 173 Å². The zero-order valence-corrected chi connectivity index (χ0v) is 17.3. The topological polar surface area (TPSA) is 58.5 Å². The maximum absolute atomic E-state index is 12.5. The van der Waals surface area contributed by atoms with E-state index in [4.69, 9.17) is 4.74 Å². The molecule has 1 aromatic heterocycles. The lowest BCUT2D eigenvalue weighted by Gasteiger charge is -2.13. The minimum Gasteiger partial charge on any atom is -0.476 e. The van der Waals surface area contributed by atoms with E-state index in [1.807, 2.05) is 31.2 Å². The molecule has 0 aliphatic heterocycles. The van der Waals surface area contributed by atoms with Gasteiger partial charge in [0.2, 0.25) is 5.88 Å². The van der Waals surface area contributed by atoms with E-state index < -0.39 is 11.7 Å². The number of hydrogen-bond donors (Lipinski definition) is 2. The van der Waals surface area contributed by atoms with Gasteiger partial charge in [-0.25, -0.2) is 4.98 Å². The molecule has 0 atom stereocenters. The summed E-state index contributed by atoms with van der Waals surface area (Å²) in [5.74, 6) is 0.750. The van der Waals surface area contributed by atoms with Crippen LogP contribution in [0.15, 0.2) is 47.6 Å². The Kier molecular flexibility index (Phi) is 9.33. The lowest BCUT2D eigenvalue weighted by Crippen LogP contribution is -2.39. The second kappa shape index (κ2) is 11.0. The number of rotatable bonds is 6. The Balaban J connectivity index is 0.00000364. The van der Waals surface area contributed by atoms with Crippen LogP contribution in [0.3, 0.4) is 0 Å². The molecule has 1 aromatic carbocycles. The Morgan fingerprint density at radius 1 is 1.15 bits per heavy atom. The van der Waals surface area contributed by atoms with Gasteiger partial charge in [-0.3, -0.25) is 4.99 Å². The van der Waals surface area contributed by atoms with Crippen molar-refractivity contribution in [2.24, 2.45) is 4.99 Å². The van der Waals surface area contributed by atoms with Gasteiger partial charge in [0.25, 0.3) is 0 Å². The van der Waals surface area contributed by atoms with Gasteiger partial charge < -0.3 is 15.4 Å². The molecule has 1 heterocycles. The highest BCUT2D eigenvalue weighted by atomic mass is 127. The van der Waals surface area contributed by atoms with E-state index in [9.17, 15) is 13.2 Å². The predicted molar refractivity (Wildman–Crippen MR) is 110 cm³/mol. The van der Waals surface area contributed by atoms with Crippen molar-refractivity contribution in [3.8, 4) is 5.88 Å². The van der Waals surface area contributed by atoms with E-state index in [2.05, 4.69) is 20.6 Å². The van der Waals surface area contributed by atoms with E-state index in [-0.39, 0.29) is 36.5 Å². The van der Waals surface area contributed by atoms with Crippen molar-refractivity contribution in [1.82, 2.24) is 15.6 Å². The average molecular weight is 494 g/mol. The fraction of sp³-hybridized carbons (Fsp3) is 0.333. The monoisotopic (exact) mass is 494 g/mol. The van der Waals surface area contributed by atoms with Crippen molar-refractivity contribution < 1.29 is 17.9 Å². The molecule has 0 spiro atoms. The summed E-state index contributed by atoms with van der Waals surface area (Å²) in [6.07, 6.45) is -3.65. The minimum atomic E-state index is -4.40. The zero-order chi connectivity index (χ0) is 19.0. The predicted octanol–water partition coefficient (Wildman–Crippen LogP) is 3.77. The van der Waals surface area contributed by atoms with Crippen LogP contribution in [0.5, 0.6) is 5.88 Å². The quantitative estimate of drug-likeness (QED) is 0.278. The Morgan fingerprint density at radius 3 is 2.48 bits per heavy atom. The number of alkyl halides is 3. The van der Waals surface area contributed by atoms with Crippen LogP contribution in [0.25, 0.3) is 0 Å². The van der Waals surface area contributed by atoms with Gasteiger partial charge >= 0.3 is 6.18 Å². The van der Waals surface area contributed by atoms with Gasteiger partial charge in [0.05, 0.1) is 12.1 Å². The van der Waals surface area contributed by atoms with Crippen molar-refractivity contribution in [3.05, 3.63) is 59.3 Å². The van der Waals surface area contributed by atoms with Crippen molar-refractivity contribution in [2.75, 3.05) is 20.2 Å². The lowest BCUT2D eigenvalue weighted by atomic mass is 10.1. The third kappa shape index (κ3) is 7.61. The molecule has 0 unspecified atom stereocenters. The number of aliphatic imine (C=N–C) groups is 1. The van der Waals surface area contributed by atoms with Crippen LogP contribution in [0, 0.1) is 6.92 Å². The maximum atomic E-state index is 12.5. The lowest BCUT2D eigenvalue weighted by molar-refractivity contribution is -0.137. The van der Waals surface area contributed by atoms with Gasteiger partial charge in [-0.2, -0.15) is 13.2 Å². The number of benzene rings is 1. The molecule has 2 aromatic rings. The number of ether oxygens (including phenoxy) is 1. The summed E-state index contributed by atoms with van der Waals surface area (Å²) in [5, 5.41) is 6.26. The van der Waals surface area contributed by atoms with E-state index in [0.717, 1.165) is 12.3 Å². The van der Waals surface area contributed by atoms with E-state index in [1.54, 1.807) is 7.05 Å². The molecule has 148 valence electrons. The van der Waals surface area contributed by atoms with Gasteiger partial charge in [-0.15, -0.1) is 24.0 Å². The summed E-state index contributed by atoms with van der Waals surface area (Å²) in [6.45, 7) is 3.34. The number of hydrogen-bond acceptors (Lipinski definition) is 3. The van der Waals surface area contributed by atoms with Crippen LogP contribution in [-0.4, -0.2) is 31.1 Å². The molecular weight excluding hydrogens is 472 g/mol. The molecule has 0 saturated carbocycles. The first-order valence-electron chi connectivity index (χ1n) is 8.05. The molecule has 9 heteroatoms. The fourth-order valence-electron chi connectivity index (χ4n) is 2.17. The summed E-state index contributed by atoms with van der Waals surface area (Å²) < 4.78 is 42.7. The molecule has 0 amide bonds. The van der Waals surface area contributed by atoms with Gasteiger partial charge in [-0.05, 0) is 24.1 Å². The van der Waals surface area contributed by atoms with E-state index >= 15 is 0 Å². The Hall–Kier alpha value is -2.04. The second-order valence-electron chi connectivity index (χ2n) is 5.51. The highest BCUT2D eigenvalue weighted by Crippen LogP contribution is 2.29. The molecule has 0 aliphatic rings. The smallest absolute Gasteiger partial charge is 0.417 e. The highest BCUT2D eigenvalue weighted by Gasteiger charge is 2.30. The van der Waals surface area contributed by atoms with Gasteiger partial charge in [0.15, 0.2) is 5.96 Å². The molecule has 0 bridgehead atoms. The van der Waals surface area contributed by atoms with Crippen molar-refractivity contribution >= 4 is 29.9 Å². The largest absolute Gasteiger partial charge is 0.476 e. The van der Waals surface area contributed by atoms with Crippen molar-refractivity contribution in [1.29, 1.82) is 0 Å². The minimum absolute atomic E-state index is 0. The van der Waals surface area contributed by atoms with Crippen LogP contribution in [0.2, 0.25) is 0 Å². The third-order valence-corrected chi connectivity index (χ3v) is 3.64. The summed E-state index contributed by atoms with van der Waals surface area (Å²) >= 11 is 0. The molecule has 5 nitrogen and oxygen atoms in total. The number of aromatic nitrogens is 1. The molecule has 0 fully saturated rings. The standard InChI is InChI=1S/C18H21F3N4O.HI/c1-13-5-3-4-6-14(13)11-25-17(22-2)23-9-10-26-16-8-7-15(12-24-16)18(19,20)21;/h3-8,12H,9-11H2,1-2H3,(H2,22,23,25);1H.